The number of hydrogen-bond acceptors (Lipinski definition) is 4. The van der Waals surface area contributed by atoms with Crippen LogP contribution in [-0.2, 0) is 9.53 Å². The van der Waals surface area contributed by atoms with Gasteiger partial charge in [0.15, 0.2) is 0 Å². The molecule has 0 bridgehead atoms. The van der Waals surface area contributed by atoms with E-state index in [1.165, 1.54) is 13.2 Å². The van der Waals surface area contributed by atoms with E-state index in [0.717, 1.165) is 16.9 Å². The smallest absolute Gasteiger partial charge is 0.330 e. The van der Waals surface area contributed by atoms with Crippen LogP contribution >= 0.6 is 0 Å². The highest BCUT2D eigenvalue weighted by molar-refractivity contribution is 5.87. The summed E-state index contributed by atoms with van der Waals surface area (Å²) >= 11 is 0. The monoisotopic (exact) mass is 257 g/mol. The zero-order valence-corrected chi connectivity index (χ0v) is 10.8. The Morgan fingerprint density at radius 2 is 2.21 bits per heavy atom. The van der Waals surface area contributed by atoms with Gasteiger partial charge in [-0.2, -0.15) is 0 Å². The van der Waals surface area contributed by atoms with Crippen LogP contribution in [-0.4, -0.2) is 22.6 Å². The van der Waals surface area contributed by atoms with Crippen molar-refractivity contribution >= 4 is 17.7 Å². The van der Waals surface area contributed by atoms with E-state index >= 15 is 0 Å². The Morgan fingerprint density at radius 1 is 1.42 bits per heavy atom. The first-order valence-corrected chi connectivity index (χ1v) is 5.76. The van der Waals surface area contributed by atoms with E-state index in [-0.39, 0.29) is 0 Å². The summed E-state index contributed by atoms with van der Waals surface area (Å²) in [6.07, 6.45) is 6.65. The standard InChI is InChI=1S/C14H15N3O2/c1-10-8-17(9-16-10)13-6-11(5-12(15)7-13)3-4-14(18)19-2/h3-9H,15H2,1-2H3/b4-3+. The fourth-order valence-corrected chi connectivity index (χ4v) is 1.70. The molecule has 0 fully saturated rings. The molecule has 0 spiro atoms. The lowest BCUT2D eigenvalue weighted by atomic mass is 10.1. The quantitative estimate of drug-likeness (QED) is 0.518. The highest BCUT2D eigenvalue weighted by atomic mass is 16.5. The lowest BCUT2D eigenvalue weighted by molar-refractivity contribution is -0.134. The SMILES string of the molecule is COC(=O)/C=C/c1cc(N)cc(-n2cnc(C)c2)c1. The predicted molar refractivity (Wildman–Crippen MR) is 73.8 cm³/mol. The molecule has 5 heteroatoms. The summed E-state index contributed by atoms with van der Waals surface area (Å²) in [7, 11) is 1.34. The molecule has 0 aliphatic heterocycles. The average Bonchev–Trinajstić information content (AvgIpc) is 2.82. The summed E-state index contributed by atoms with van der Waals surface area (Å²) in [5, 5.41) is 0. The van der Waals surface area contributed by atoms with E-state index in [1.54, 1.807) is 18.5 Å². The molecular formula is C14H15N3O2. The van der Waals surface area contributed by atoms with Gasteiger partial charge in [0.05, 0.1) is 19.1 Å². The normalized spacial score (nSPS) is 10.8. The van der Waals surface area contributed by atoms with Crippen molar-refractivity contribution in [2.75, 3.05) is 12.8 Å². The van der Waals surface area contributed by atoms with Crippen LogP contribution in [0.2, 0.25) is 0 Å². The number of rotatable bonds is 3. The number of carbonyl (C=O) groups excluding carboxylic acids is 1. The number of esters is 1. The first kappa shape index (κ1) is 12.9. The minimum atomic E-state index is -0.401. The fraction of sp³-hybridized carbons (Fsp3) is 0.143. The van der Waals surface area contributed by atoms with Gasteiger partial charge in [0.1, 0.15) is 0 Å². The third-order valence-electron chi connectivity index (χ3n) is 2.59. The molecule has 5 nitrogen and oxygen atoms in total. The van der Waals surface area contributed by atoms with Gasteiger partial charge < -0.3 is 15.0 Å². The first-order valence-electron chi connectivity index (χ1n) is 5.76. The Balaban J connectivity index is 2.34. The maximum Gasteiger partial charge on any atom is 0.330 e. The third-order valence-corrected chi connectivity index (χ3v) is 2.59. The van der Waals surface area contributed by atoms with Crippen LogP contribution in [0.25, 0.3) is 11.8 Å². The molecule has 0 atom stereocenters. The molecule has 0 saturated heterocycles. The maximum atomic E-state index is 11.1. The zero-order chi connectivity index (χ0) is 13.8. The van der Waals surface area contributed by atoms with Gasteiger partial charge in [-0.15, -0.1) is 0 Å². The van der Waals surface area contributed by atoms with Gasteiger partial charge in [0.25, 0.3) is 0 Å². The van der Waals surface area contributed by atoms with Crippen molar-refractivity contribution in [3.05, 3.63) is 48.1 Å². The summed E-state index contributed by atoms with van der Waals surface area (Å²) in [4.78, 5) is 15.2. The topological polar surface area (TPSA) is 70.1 Å². The van der Waals surface area contributed by atoms with Crippen molar-refractivity contribution in [3.8, 4) is 5.69 Å². The van der Waals surface area contributed by atoms with E-state index in [4.69, 9.17) is 5.73 Å². The lowest BCUT2D eigenvalue weighted by Crippen LogP contribution is -1.96. The number of nitrogens with two attached hydrogens (primary N) is 1. The molecule has 2 aromatic rings. The second kappa shape index (κ2) is 5.39. The summed E-state index contributed by atoms with van der Waals surface area (Å²) in [6, 6.07) is 5.54. The number of carbonyl (C=O) groups is 1. The number of benzene rings is 1. The van der Waals surface area contributed by atoms with Crippen LogP contribution in [0.3, 0.4) is 0 Å². The molecule has 1 heterocycles. The summed E-state index contributed by atoms with van der Waals surface area (Å²) in [5.74, 6) is -0.401. The molecule has 2 rings (SSSR count). The molecule has 19 heavy (non-hydrogen) atoms. The summed E-state index contributed by atoms with van der Waals surface area (Å²) in [5.41, 5.74) is 9.12. The van der Waals surface area contributed by atoms with Gasteiger partial charge in [-0.1, -0.05) is 0 Å². The van der Waals surface area contributed by atoms with Crippen LogP contribution in [0, 0.1) is 6.92 Å². The molecule has 0 saturated carbocycles. The van der Waals surface area contributed by atoms with E-state index in [9.17, 15) is 4.79 Å². The van der Waals surface area contributed by atoms with E-state index < -0.39 is 5.97 Å². The van der Waals surface area contributed by atoms with E-state index in [0.29, 0.717) is 5.69 Å². The Hall–Kier alpha value is -2.56. The number of nitrogen functional groups attached to an aromatic ring is 1. The zero-order valence-electron chi connectivity index (χ0n) is 10.8. The maximum absolute atomic E-state index is 11.1. The number of aromatic nitrogens is 2. The van der Waals surface area contributed by atoms with Gasteiger partial charge in [-0.3, -0.25) is 0 Å². The van der Waals surface area contributed by atoms with Crippen molar-refractivity contribution < 1.29 is 9.53 Å². The summed E-state index contributed by atoms with van der Waals surface area (Å²) < 4.78 is 6.42. The molecule has 0 aliphatic carbocycles. The first-order chi connectivity index (χ1) is 9.08. The van der Waals surface area contributed by atoms with Crippen LogP contribution < -0.4 is 5.73 Å². The molecule has 0 aliphatic rings. The number of nitrogens with zero attached hydrogens (tertiary/aromatic N) is 2. The number of methoxy groups -OCH3 is 1. The Bertz CT molecular complexity index is 629. The summed E-state index contributed by atoms with van der Waals surface area (Å²) in [6.45, 7) is 1.92. The highest BCUT2D eigenvalue weighted by Crippen LogP contribution is 2.17. The second-order valence-electron chi connectivity index (χ2n) is 4.14. The van der Waals surface area contributed by atoms with Crippen molar-refractivity contribution in [2.45, 2.75) is 6.92 Å². The number of anilines is 1. The Labute approximate surface area is 111 Å². The number of hydrogen-bond donors (Lipinski definition) is 1. The lowest BCUT2D eigenvalue weighted by Gasteiger charge is -2.05. The molecule has 0 unspecified atom stereocenters. The number of aryl methyl sites for hydroxylation is 1. The van der Waals surface area contributed by atoms with Gasteiger partial charge in [0, 0.05) is 23.6 Å². The fourth-order valence-electron chi connectivity index (χ4n) is 1.70. The van der Waals surface area contributed by atoms with E-state index in [1.807, 2.05) is 29.8 Å². The predicted octanol–water partition coefficient (Wildman–Crippen LogP) is 1.95. The second-order valence-corrected chi connectivity index (χ2v) is 4.14. The van der Waals surface area contributed by atoms with Crippen LogP contribution in [0.1, 0.15) is 11.3 Å². The third kappa shape index (κ3) is 3.22. The molecule has 1 aromatic heterocycles. The van der Waals surface area contributed by atoms with Gasteiger partial charge in [-0.25, -0.2) is 9.78 Å². The molecule has 1 aromatic carbocycles. The Kier molecular flexibility index (Phi) is 3.66. The Morgan fingerprint density at radius 3 is 2.84 bits per heavy atom. The van der Waals surface area contributed by atoms with E-state index in [2.05, 4.69) is 9.72 Å². The van der Waals surface area contributed by atoms with Gasteiger partial charge in [0.2, 0.25) is 0 Å². The molecule has 98 valence electrons. The molecule has 0 amide bonds. The molecule has 0 radical (unpaired) electrons. The molecular weight excluding hydrogens is 242 g/mol. The van der Waals surface area contributed by atoms with Crippen LogP contribution in [0.4, 0.5) is 5.69 Å². The highest BCUT2D eigenvalue weighted by Gasteiger charge is 2.01. The molecule has 2 N–H and O–H groups in total. The number of imidazole rings is 1. The van der Waals surface area contributed by atoms with Gasteiger partial charge in [-0.05, 0) is 36.8 Å². The number of ether oxygens (including phenoxy) is 1. The van der Waals surface area contributed by atoms with Crippen molar-refractivity contribution in [1.82, 2.24) is 9.55 Å². The minimum Gasteiger partial charge on any atom is -0.466 e. The van der Waals surface area contributed by atoms with Gasteiger partial charge >= 0.3 is 5.97 Å². The van der Waals surface area contributed by atoms with Crippen LogP contribution in [0.5, 0.6) is 0 Å². The largest absolute Gasteiger partial charge is 0.466 e. The van der Waals surface area contributed by atoms with Crippen molar-refractivity contribution in [1.29, 1.82) is 0 Å². The van der Waals surface area contributed by atoms with Crippen molar-refractivity contribution in [2.24, 2.45) is 0 Å². The van der Waals surface area contributed by atoms with Crippen LogP contribution in [0.15, 0.2) is 36.8 Å². The minimum absolute atomic E-state index is 0.401. The van der Waals surface area contributed by atoms with Crippen molar-refractivity contribution in [3.63, 3.8) is 0 Å². The average molecular weight is 257 g/mol.